The van der Waals surface area contributed by atoms with Crippen molar-refractivity contribution >= 4 is 17.5 Å². The van der Waals surface area contributed by atoms with Crippen molar-refractivity contribution in [3.8, 4) is 0 Å². The van der Waals surface area contributed by atoms with Gasteiger partial charge in [0.25, 0.3) is 0 Å². The second-order valence-corrected chi connectivity index (χ2v) is 6.56. The van der Waals surface area contributed by atoms with Crippen LogP contribution in [0, 0.1) is 0 Å². The molecular weight excluding hydrogens is 318 g/mol. The summed E-state index contributed by atoms with van der Waals surface area (Å²) in [5.74, 6) is -0.363. The number of fused-ring (bicyclic) bond motifs is 1. The Morgan fingerprint density at radius 1 is 1.16 bits per heavy atom. The Kier molecular flexibility index (Phi) is 4.17. The molecule has 1 aromatic carbocycles. The predicted octanol–water partition coefficient (Wildman–Crippen LogP) is 1.78. The zero-order valence-electron chi connectivity index (χ0n) is 13.9. The lowest BCUT2D eigenvalue weighted by Gasteiger charge is -2.29. The minimum atomic E-state index is -0.587. The molecule has 1 aliphatic carbocycles. The first kappa shape index (κ1) is 15.7. The van der Waals surface area contributed by atoms with E-state index in [0.29, 0.717) is 6.54 Å². The van der Waals surface area contributed by atoms with E-state index in [0.717, 1.165) is 37.3 Å². The second kappa shape index (κ2) is 6.63. The van der Waals surface area contributed by atoms with Crippen LogP contribution in [0.4, 0.5) is 5.69 Å². The molecule has 6 heteroatoms. The summed E-state index contributed by atoms with van der Waals surface area (Å²) in [6, 6.07) is 12.0. The molecule has 0 spiro atoms. The van der Waals surface area contributed by atoms with E-state index < -0.39 is 11.8 Å². The van der Waals surface area contributed by atoms with Gasteiger partial charge in [-0.25, -0.2) is 0 Å². The fourth-order valence-corrected chi connectivity index (χ4v) is 3.28. The Balaban J connectivity index is 1.48. The lowest BCUT2D eigenvalue weighted by Crippen LogP contribution is -2.44. The summed E-state index contributed by atoms with van der Waals surface area (Å²) in [5, 5.41) is 5.47. The number of furan rings is 1. The third kappa shape index (κ3) is 3.38. The molecule has 0 bridgehead atoms. The molecule has 2 aliphatic rings. The van der Waals surface area contributed by atoms with Gasteiger partial charge in [-0.3, -0.25) is 9.59 Å². The van der Waals surface area contributed by atoms with Crippen LogP contribution in [0.5, 0.6) is 0 Å². The number of nitrogens with zero attached hydrogens (tertiary/aromatic N) is 1. The lowest BCUT2D eigenvalue weighted by atomic mass is 10.1. The quantitative estimate of drug-likeness (QED) is 0.815. The van der Waals surface area contributed by atoms with Crippen molar-refractivity contribution in [1.29, 1.82) is 0 Å². The van der Waals surface area contributed by atoms with E-state index in [1.54, 1.807) is 6.26 Å². The Morgan fingerprint density at radius 2 is 2.00 bits per heavy atom. The van der Waals surface area contributed by atoms with Crippen molar-refractivity contribution < 1.29 is 14.0 Å². The molecule has 1 aromatic heterocycles. The maximum absolute atomic E-state index is 12.1. The molecule has 1 saturated carbocycles. The summed E-state index contributed by atoms with van der Waals surface area (Å²) in [5.41, 5.74) is 2.44. The van der Waals surface area contributed by atoms with Crippen LogP contribution in [0.15, 0.2) is 47.1 Å². The molecule has 1 atom stereocenters. The van der Waals surface area contributed by atoms with Gasteiger partial charge in [-0.1, -0.05) is 18.2 Å². The monoisotopic (exact) mass is 339 g/mol. The van der Waals surface area contributed by atoms with Crippen molar-refractivity contribution in [2.45, 2.75) is 31.3 Å². The van der Waals surface area contributed by atoms with Crippen molar-refractivity contribution in [3.63, 3.8) is 0 Å². The van der Waals surface area contributed by atoms with Gasteiger partial charge in [0.15, 0.2) is 0 Å². The number of anilines is 1. The minimum absolute atomic E-state index is 0.142. The summed E-state index contributed by atoms with van der Waals surface area (Å²) < 4.78 is 5.60. The molecule has 2 N–H and O–H groups in total. The number of hydrogen-bond acceptors (Lipinski definition) is 4. The van der Waals surface area contributed by atoms with E-state index >= 15 is 0 Å². The average molecular weight is 339 g/mol. The van der Waals surface area contributed by atoms with E-state index in [9.17, 15) is 9.59 Å². The first-order chi connectivity index (χ1) is 12.2. The van der Waals surface area contributed by atoms with Gasteiger partial charge in [0, 0.05) is 24.8 Å². The summed E-state index contributed by atoms with van der Waals surface area (Å²) in [6.45, 7) is 1.17. The van der Waals surface area contributed by atoms with Gasteiger partial charge in [0.05, 0.1) is 6.26 Å². The van der Waals surface area contributed by atoms with Crippen LogP contribution in [0.25, 0.3) is 0 Å². The first-order valence-electron chi connectivity index (χ1n) is 8.69. The van der Waals surface area contributed by atoms with Crippen LogP contribution in [0.2, 0.25) is 0 Å². The molecule has 2 heterocycles. The number of carbonyl (C=O) groups is 2. The lowest BCUT2D eigenvalue weighted by molar-refractivity contribution is -0.139. The van der Waals surface area contributed by atoms with E-state index in [1.807, 2.05) is 24.3 Å². The Bertz CT molecular complexity index is 768. The van der Waals surface area contributed by atoms with Gasteiger partial charge in [-0.05, 0) is 43.0 Å². The molecule has 1 fully saturated rings. The normalized spacial score (nSPS) is 17.0. The van der Waals surface area contributed by atoms with Crippen LogP contribution in [0.1, 0.15) is 30.2 Å². The maximum Gasteiger partial charge on any atom is 0.309 e. The smallest absolute Gasteiger partial charge is 0.309 e. The zero-order valence-corrected chi connectivity index (χ0v) is 13.9. The number of nitrogens with one attached hydrogen (secondary N) is 2. The number of amides is 2. The van der Waals surface area contributed by atoms with Crippen molar-refractivity contribution in [3.05, 3.63) is 54.0 Å². The zero-order chi connectivity index (χ0) is 17.2. The number of benzene rings is 1. The third-order valence-corrected chi connectivity index (χ3v) is 4.75. The van der Waals surface area contributed by atoms with Crippen molar-refractivity contribution in [2.24, 2.45) is 0 Å². The molecule has 2 amide bonds. The summed E-state index contributed by atoms with van der Waals surface area (Å²) >= 11 is 0. The van der Waals surface area contributed by atoms with Crippen LogP contribution >= 0.6 is 0 Å². The van der Waals surface area contributed by atoms with Gasteiger partial charge >= 0.3 is 11.8 Å². The van der Waals surface area contributed by atoms with Gasteiger partial charge < -0.3 is 20.0 Å². The number of para-hydroxylation sites is 1. The number of rotatable bonds is 5. The van der Waals surface area contributed by atoms with Gasteiger partial charge in [0.2, 0.25) is 0 Å². The molecular formula is C19H21N3O3. The average Bonchev–Trinajstić information content (AvgIpc) is 3.12. The van der Waals surface area contributed by atoms with Crippen LogP contribution in [0.3, 0.4) is 0 Å². The predicted molar refractivity (Wildman–Crippen MR) is 93.1 cm³/mol. The largest absolute Gasteiger partial charge is 0.467 e. The summed E-state index contributed by atoms with van der Waals surface area (Å²) in [4.78, 5) is 26.1. The fraction of sp³-hybridized carbons (Fsp3) is 0.368. The van der Waals surface area contributed by atoms with E-state index in [1.165, 1.54) is 5.56 Å². The van der Waals surface area contributed by atoms with E-state index in [-0.39, 0.29) is 12.1 Å². The van der Waals surface area contributed by atoms with Crippen LogP contribution in [-0.2, 0) is 16.0 Å². The van der Waals surface area contributed by atoms with Gasteiger partial charge in [-0.15, -0.1) is 0 Å². The maximum atomic E-state index is 12.1. The fourth-order valence-electron chi connectivity index (χ4n) is 3.28. The van der Waals surface area contributed by atoms with E-state index in [4.69, 9.17) is 4.42 Å². The van der Waals surface area contributed by atoms with Crippen molar-refractivity contribution in [2.75, 3.05) is 18.0 Å². The van der Waals surface area contributed by atoms with E-state index in [2.05, 4.69) is 27.7 Å². The number of carbonyl (C=O) groups excluding carboxylic acids is 2. The molecule has 25 heavy (non-hydrogen) atoms. The highest BCUT2D eigenvalue weighted by atomic mass is 16.3. The minimum Gasteiger partial charge on any atom is -0.467 e. The number of hydrogen-bond donors (Lipinski definition) is 2. The molecule has 0 saturated heterocycles. The third-order valence-electron chi connectivity index (χ3n) is 4.75. The van der Waals surface area contributed by atoms with Gasteiger partial charge in [-0.2, -0.15) is 0 Å². The Labute approximate surface area is 146 Å². The highest BCUT2D eigenvalue weighted by Crippen LogP contribution is 2.34. The molecule has 4 rings (SSSR count). The highest BCUT2D eigenvalue weighted by molar-refractivity contribution is 6.35. The standard InChI is InChI=1S/C19H21N3O3/c23-18(19(24)21-14-7-8-14)20-12-16(17-6-3-11-25-17)22-10-9-13-4-1-2-5-15(13)22/h1-6,11,14,16H,7-10,12H2,(H,20,23)(H,21,24)/t16-/m0/s1. The molecule has 6 nitrogen and oxygen atoms in total. The summed E-state index contributed by atoms with van der Waals surface area (Å²) in [7, 11) is 0. The molecule has 1 aliphatic heterocycles. The Morgan fingerprint density at radius 3 is 2.76 bits per heavy atom. The molecule has 0 radical (unpaired) electrons. The van der Waals surface area contributed by atoms with Gasteiger partial charge in [0.1, 0.15) is 11.8 Å². The summed E-state index contributed by atoms with van der Waals surface area (Å²) in [6.07, 6.45) is 4.51. The highest BCUT2D eigenvalue weighted by Gasteiger charge is 2.31. The van der Waals surface area contributed by atoms with Crippen LogP contribution < -0.4 is 15.5 Å². The Hall–Kier alpha value is -2.76. The SMILES string of the molecule is O=C(NC[C@@H](c1ccco1)N1CCc2ccccc21)C(=O)NC1CC1. The molecule has 0 unspecified atom stereocenters. The second-order valence-electron chi connectivity index (χ2n) is 6.56. The topological polar surface area (TPSA) is 74.6 Å². The van der Waals surface area contributed by atoms with Crippen LogP contribution in [-0.4, -0.2) is 30.9 Å². The van der Waals surface area contributed by atoms with Crippen molar-refractivity contribution in [1.82, 2.24) is 10.6 Å². The molecule has 130 valence electrons. The first-order valence-corrected chi connectivity index (χ1v) is 8.69. The molecule has 2 aromatic rings.